The van der Waals surface area contributed by atoms with Gasteiger partial charge >= 0.3 is 0 Å². The quantitative estimate of drug-likeness (QED) is 0.553. The summed E-state index contributed by atoms with van der Waals surface area (Å²) in [6.45, 7) is 2.71. The summed E-state index contributed by atoms with van der Waals surface area (Å²) in [5, 5.41) is 11.3. The van der Waals surface area contributed by atoms with Gasteiger partial charge in [-0.25, -0.2) is 13.6 Å². The Bertz CT molecular complexity index is 1110. The molecule has 0 aliphatic rings. The molecular formula is C22H23N3O3S. The van der Waals surface area contributed by atoms with Gasteiger partial charge in [0.05, 0.1) is 4.90 Å². The SMILES string of the molecule is CCc1ccccc1NCc1cccc(C(=O)Nc2ccc(S(N)(=O)=O)cc2)c1. The molecule has 3 aromatic carbocycles. The highest BCUT2D eigenvalue weighted by Crippen LogP contribution is 2.18. The van der Waals surface area contributed by atoms with E-state index in [1.54, 1.807) is 6.07 Å². The lowest BCUT2D eigenvalue weighted by molar-refractivity contribution is 0.102. The molecule has 0 saturated carbocycles. The van der Waals surface area contributed by atoms with E-state index in [1.165, 1.54) is 29.8 Å². The molecule has 29 heavy (non-hydrogen) atoms. The van der Waals surface area contributed by atoms with Gasteiger partial charge in [0.15, 0.2) is 0 Å². The lowest BCUT2D eigenvalue weighted by Gasteiger charge is -2.12. The fraction of sp³-hybridized carbons (Fsp3) is 0.136. The van der Waals surface area contributed by atoms with E-state index in [1.807, 2.05) is 36.4 Å². The van der Waals surface area contributed by atoms with Crippen LogP contribution in [0.2, 0.25) is 0 Å². The first-order chi connectivity index (χ1) is 13.9. The number of carbonyl (C=O) groups excluding carboxylic acids is 1. The molecule has 0 fully saturated rings. The minimum absolute atomic E-state index is 0.00377. The second-order valence-electron chi connectivity index (χ2n) is 6.59. The van der Waals surface area contributed by atoms with Crippen molar-refractivity contribution >= 4 is 27.3 Å². The van der Waals surface area contributed by atoms with Crippen LogP contribution in [0.1, 0.15) is 28.4 Å². The molecule has 4 N–H and O–H groups in total. The average molecular weight is 410 g/mol. The molecule has 7 heteroatoms. The average Bonchev–Trinajstić information content (AvgIpc) is 2.72. The minimum atomic E-state index is -3.76. The largest absolute Gasteiger partial charge is 0.381 e. The summed E-state index contributed by atoms with van der Waals surface area (Å²) in [6.07, 6.45) is 0.940. The highest BCUT2D eigenvalue weighted by Gasteiger charge is 2.10. The van der Waals surface area contributed by atoms with E-state index in [4.69, 9.17) is 5.14 Å². The van der Waals surface area contributed by atoms with Crippen LogP contribution in [0.3, 0.4) is 0 Å². The first kappa shape index (κ1) is 20.6. The number of primary sulfonamides is 1. The number of rotatable bonds is 7. The molecule has 0 bridgehead atoms. The molecule has 0 aliphatic carbocycles. The van der Waals surface area contributed by atoms with Crippen molar-refractivity contribution in [2.75, 3.05) is 10.6 Å². The Morgan fingerprint density at radius 1 is 0.966 bits per heavy atom. The van der Waals surface area contributed by atoms with Gasteiger partial charge in [-0.15, -0.1) is 0 Å². The maximum atomic E-state index is 12.5. The number of hydrogen-bond acceptors (Lipinski definition) is 4. The van der Waals surface area contributed by atoms with Crippen molar-refractivity contribution in [1.29, 1.82) is 0 Å². The zero-order chi connectivity index (χ0) is 20.9. The third-order valence-corrected chi connectivity index (χ3v) is 5.44. The van der Waals surface area contributed by atoms with Crippen molar-refractivity contribution in [3.63, 3.8) is 0 Å². The Hall–Kier alpha value is -3.16. The lowest BCUT2D eigenvalue weighted by Crippen LogP contribution is -2.14. The fourth-order valence-corrected chi connectivity index (χ4v) is 3.47. The zero-order valence-electron chi connectivity index (χ0n) is 16.1. The second kappa shape index (κ2) is 8.89. The van der Waals surface area contributed by atoms with Crippen LogP contribution < -0.4 is 15.8 Å². The number of aryl methyl sites for hydroxylation is 1. The number of hydrogen-bond donors (Lipinski definition) is 3. The first-order valence-electron chi connectivity index (χ1n) is 9.22. The molecule has 0 unspecified atom stereocenters. The van der Waals surface area contributed by atoms with Gasteiger partial charge in [-0.1, -0.05) is 37.3 Å². The number of nitrogens with one attached hydrogen (secondary N) is 2. The van der Waals surface area contributed by atoms with Crippen molar-refractivity contribution in [1.82, 2.24) is 0 Å². The van der Waals surface area contributed by atoms with Crippen LogP contribution in [-0.4, -0.2) is 14.3 Å². The molecule has 0 spiro atoms. The third kappa shape index (κ3) is 5.43. The minimum Gasteiger partial charge on any atom is -0.381 e. The van der Waals surface area contributed by atoms with Gasteiger partial charge in [-0.05, 0) is 60.0 Å². The summed E-state index contributed by atoms with van der Waals surface area (Å²) in [6, 6.07) is 21.2. The van der Waals surface area contributed by atoms with Crippen LogP contribution >= 0.6 is 0 Å². The number of para-hydroxylation sites is 1. The number of carbonyl (C=O) groups is 1. The van der Waals surface area contributed by atoms with Gasteiger partial charge in [0.2, 0.25) is 10.0 Å². The number of amides is 1. The van der Waals surface area contributed by atoms with E-state index in [0.717, 1.165) is 17.7 Å². The molecule has 0 aliphatic heterocycles. The topological polar surface area (TPSA) is 101 Å². The van der Waals surface area contributed by atoms with Crippen LogP contribution in [0.5, 0.6) is 0 Å². The van der Waals surface area contributed by atoms with E-state index >= 15 is 0 Å². The van der Waals surface area contributed by atoms with E-state index in [-0.39, 0.29) is 10.8 Å². The van der Waals surface area contributed by atoms with E-state index in [9.17, 15) is 13.2 Å². The third-order valence-electron chi connectivity index (χ3n) is 4.51. The number of benzene rings is 3. The summed E-state index contributed by atoms with van der Waals surface area (Å²) < 4.78 is 22.6. The van der Waals surface area contributed by atoms with E-state index in [0.29, 0.717) is 17.8 Å². The van der Waals surface area contributed by atoms with Gasteiger partial charge in [0.25, 0.3) is 5.91 Å². The van der Waals surface area contributed by atoms with Gasteiger partial charge in [-0.3, -0.25) is 4.79 Å². The Balaban J connectivity index is 1.67. The zero-order valence-corrected chi connectivity index (χ0v) is 16.9. The number of nitrogens with two attached hydrogens (primary N) is 1. The highest BCUT2D eigenvalue weighted by atomic mass is 32.2. The van der Waals surface area contributed by atoms with Crippen LogP contribution in [0.4, 0.5) is 11.4 Å². The molecule has 0 heterocycles. The summed E-state index contributed by atoms with van der Waals surface area (Å²) >= 11 is 0. The number of sulfonamides is 1. The second-order valence-corrected chi connectivity index (χ2v) is 8.15. The summed E-state index contributed by atoms with van der Waals surface area (Å²) in [5.74, 6) is -0.274. The monoisotopic (exact) mass is 409 g/mol. The molecule has 1 amide bonds. The van der Waals surface area contributed by atoms with Crippen LogP contribution in [-0.2, 0) is 23.0 Å². The van der Waals surface area contributed by atoms with Crippen LogP contribution in [0.15, 0.2) is 77.7 Å². The lowest BCUT2D eigenvalue weighted by atomic mass is 10.1. The Morgan fingerprint density at radius 2 is 1.69 bits per heavy atom. The van der Waals surface area contributed by atoms with Crippen LogP contribution in [0, 0.1) is 0 Å². The van der Waals surface area contributed by atoms with Crippen molar-refractivity contribution in [3.8, 4) is 0 Å². The Kier molecular flexibility index (Phi) is 6.31. The predicted octanol–water partition coefficient (Wildman–Crippen LogP) is 3.76. The molecule has 3 aromatic rings. The predicted molar refractivity (Wildman–Crippen MR) is 115 cm³/mol. The Labute approximate surface area is 170 Å². The van der Waals surface area contributed by atoms with Crippen LogP contribution in [0.25, 0.3) is 0 Å². The first-order valence-corrected chi connectivity index (χ1v) is 10.8. The standard InChI is InChI=1S/C22H23N3O3S/c1-2-17-7-3-4-9-21(17)24-15-16-6-5-8-18(14-16)22(26)25-19-10-12-20(13-11-19)29(23,27)28/h3-14,24H,2,15H2,1H3,(H,25,26)(H2,23,27,28). The maximum Gasteiger partial charge on any atom is 0.255 e. The molecule has 0 saturated heterocycles. The van der Waals surface area contributed by atoms with E-state index in [2.05, 4.69) is 23.6 Å². The van der Waals surface area contributed by atoms with Crippen molar-refractivity contribution in [2.24, 2.45) is 5.14 Å². The summed E-state index contributed by atoms with van der Waals surface area (Å²) in [4.78, 5) is 12.5. The molecule has 3 rings (SSSR count). The highest BCUT2D eigenvalue weighted by molar-refractivity contribution is 7.89. The fourth-order valence-electron chi connectivity index (χ4n) is 2.95. The maximum absolute atomic E-state index is 12.5. The Morgan fingerprint density at radius 3 is 2.38 bits per heavy atom. The molecule has 0 aromatic heterocycles. The molecule has 0 atom stereocenters. The van der Waals surface area contributed by atoms with Gasteiger partial charge in [-0.2, -0.15) is 0 Å². The van der Waals surface area contributed by atoms with Gasteiger partial charge < -0.3 is 10.6 Å². The van der Waals surface area contributed by atoms with Crippen molar-refractivity contribution in [2.45, 2.75) is 24.8 Å². The number of anilines is 2. The smallest absolute Gasteiger partial charge is 0.255 e. The molecular weight excluding hydrogens is 386 g/mol. The normalized spacial score (nSPS) is 11.1. The van der Waals surface area contributed by atoms with Crippen molar-refractivity contribution in [3.05, 3.63) is 89.5 Å². The summed E-state index contributed by atoms with van der Waals surface area (Å²) in [5.41, 5.74) is 4.31. The van der Waals surface area contributed by atoms with Crippen molar-refractivity contribution < 1.29 is 13.2 Å². The molecule has 6 nitrogen and oxygen atoms in total. The van der Waals surface area contributed by atoms with Gasteiger partial charge in [0, 0.05) is 23.5 Å². The van der Waals surface area contributed by atoms with E-state index < -0.39 is 10.0 Å². The van der Waals surface area contributed by atoms with Gasteiger partial charge in [0.1, 0.15) is 0 Å². The molecule has 150 valence electrons. The molecule has 0 radical (unpaired) electrons. The summed E-state index contributed by atoms with van der Waals surface area (Å²) in [7, 11) is -3.76.